The molecule has 2 aliphatic rings. The van der Waals surface area contributed by atoms with E-state index in [0.29, 0.717) is 0 Å². The Balaban J connectivity index is 0.000000726. The molecular formula is C41H39BO2. The van der Waals surface area contributed by atoms with E-state index in [2.05, 4.69) is 106 Å². The molecule has 0 saturated heterocycles. The summed E-state index contributed by atoms with van der Waals surface area (Å²) < 4.78 is 13.1. The van der Waals surface area contributed by atoms with Crippen LogP contribution in [0.2, 0.25) is 0 Å². The van der Waals surface area contributed by atoms with Crippen LogP contribution in [0.3, 0.4) is 0 Å². The second-order valence-electron chi connectivity index (χ2n) is 10.5. The molecule has 0 radical (unpaired) electrons. The molecule has 0 bridgehead atoms. The lowest BCUT2D eigenvalue weighted by Crippen LogP contribution is -2.57. The molecule has 2 nitrogen and oxygen atoms in total. The summed E-state index contributed by atoms with van der Waals surface area (Å²) in [5.74, 6) is 3.43. The summed E-state index contributed by atoms with van der Waals surface area (Å²) in [6.07, 6.45) is 6.91. The molecule has 2 heterocycles. The summed E-state index contributed by atoms with van der Waals surface area (Å²) in [5.41, 5.74) is 9.86. The third-order valence-electron chi connectivity index (χ3n) is 7.52. The molecule has 0 aromatic heterocycles. The van der Waals surface area contributed by atoms with Gasteiger partial charge in [-0.2, -0.15) is 0 Å². The number of para-hydroxylation sites is 2. The first-order valence-corrected chi connectivity index (χ1v) is 15.5. The molecule has 2 aliphatic heterocycles. The molecular weight excluding hydrogens is 535 g/mol. The van der Waals surface area contributed by atoms with E-state index in [-0.39, 0.29) is 6.71 Å². The zero-order valence-corrected chi connectivity index (χ0v) is 26.1. The largest absolute Gasteiger partial charge is 0.458 e. The van der Waals surface area contributed by atoms with E-state index >= 15 is 0 Å². The van der Waals surface area contributed by atoms with Crippen molar-refractivity contribution in [1.82, 2.24) is 0 Å². The molecule has 0 fully saturated rings. The van der Waals surface area contributed by atoms with Crippen LogP contribution in [0.25, 0.3) is 27.8 Å². The molecule has 0 unspecified atom stereocenters. The van der Waals surface area contributed by atoms with Crippen molar-refractivity contribution in [1.29, 1.82) is 0 Å². The number of fused-ring (bicyclic) bond motifs is 4. The number of benzene rings is 5. The van der Waals surface area contributed by atoms with Crippen LogP contribution in [0.4, 0.5) is 0 Å². The van der Waals surface area contributed by atoms with Gasteiger partial charge in [0.05, 0.1) is 0 Å². The van der Waals surface area contributed by atoms with Crippen molar-refractivity contribution < 1.29 is 9.47 Å². The Bertz CT molecular complexity index is 1750. The first-order chi connectivity index (χ1) is 21.6. The number of hydrogen-bond donors (Lipinski definition) is 0. The Morgan fingerprint density at radius 1 is 0.614 bits per heavy atom. The van der Waals surface area contributed by atoms with Crippen LogP contribution >= 0.6 is 0 Å². The highest BCUT2D eigenvalue weighted by Gasteiger charge is 2.40. The van der Waals surface area contributed by atoms with Gasteiger partial charge in [-0.3, -0.25) is 0 Å². The lowest BCUT2D eigenvalue weighted by Gasteiger charge is -2.33. The topological polar surface area (TPSA) is 18.5 Å². The van der Waals surface area contributed by atoms with E-state index in [9.17, 15) is 0 Å². The predicted octanol–water partition coefficient (Wildman–Crippen LogP) is 9.95. The molecule has 0 spiro atoms. The third kappa shape index (κ3) is 5.91. The van der Waals surface area contributed by atoms with E-state index in [0.717, 1.165) is 72.8 Å². The summed E-state index contributed by atoms with van der Waals surface area (Å²) >= 11 is 0. The minimum absolute atomic E-state index is 0.0630. The van der Waals surface area contributed by atoms with Crippen LogP contribution in [-0.4, -0.2) is 6.71 Å². The monoisotopic (exact) mass is 574 g/mol. The first-order valence-electron chi connectivity index (χ1n) is 15.5. The maximum absolute atomic E-state index is 6.53. The van der Waals surface area contributed by atoms with Gasteiger partial charge in [-0.15, -0.1) is 0 Å². The molecule has 0 aliphatic carbocycles. The van der Waals surface area contributed by atoms with Crippen molar-refractivity contribution in [3.05, 3.63) is 146 Å². The average molecular weight is 575 g/mol. The molecule has 5 aromatic carbocycles. The van der Waals surface area contributed by atoms with Crippen LogP contribution in [0.15, 0.2) is 141 Å². The fourth-order valence-corrected chi connectivity index (χ4v) is 5.73. The number of hydrogen-bond acceptors (Lipinski definition) is 2. The summed E-state index contributed by atoms with van der Waals surface area (Å²) in [6.45, 7) is 16.3. The van der Waals surface area contributed by atoms with Gasteiger partial charge in [-0.05, 0) is 86.8 Å². The van der Waals surface area contributed by atoms with E-state index < -0.39 is 0 Å². The summed E-state index contributed by atoms with van der Waals surface area (Å²) in [4.78, 5) is 0. The smallest absolute Gasteiger partial charge is 0.260 e. The molecule has 0 saturated carbocycles. The van der Waals surface area contributed by atoms with Gasteiger partial charge in [0.1, 0.15) is 23.0 Å². The van der Waals surface area contributed by atoms with Crippen molar-refractivity contribution in [2.75, 3.05) is 0 Å². The minimum Gasteiger partial charge on any atom is -0.458 e. The van der Waals surface area contributed by atoms with Gasteiger partial charge in [0.2, 0.25) is 0 Å². The van der Waals surface area contributed by atoms with Crippen molar-refractivity contribution >= 4 is 28.7 Å². The fraction of sp³-hybridized carbons (Fsp3) is 0.122. The Morgan fingerprint density at radius 2 is 1.09 bits per heavy atom. The van der Waals surface area contributed by atoms with Gasteiger partial charge >= 0.3 is 0 Å². The number of allylic oxidation sites excluding steroid dienone is 4. The van der Waals surface area contributed by atoms with Crippen LogP contribution in [0, 0.1) is 0 Å². The normalized spacial score (nSPS) is 11.9. The molecule has 0 atom stereocenters. The molecule has 218 valence electrons. The third-order valence-corrected chi connectivity index (χ3v) is 7.52. The van der Waals surface area contributed by atoms with Gasteiger partial charge in [-0.1, -0.05) is 132 Å². The van der Waals surface area contributed by atoms with Crippen molar-refractivity contribution in [2.24, 2.45) is 0 Å². The van der Waals surface area contributed by atoms with Gasteiger partial charge in [0.15, 0.2) is 0 Å². The highest BCUT2D eigenvalue weighted by atomic mass is 16.5. The predicted molar refractivity (Wildman–Crippen MR) is 191 cm³/mol. The summed E-state index contributed by atoms with van der Waals surface area (Å²) in [5, 5.41) is 0. The van der Waals surface area contributed by atoms with Crippen LogP contribution in [-0.2, 0) is 0 Å². The van der Waals surface area contributed by atoms with Crippen LogP contribution in [0.1, 0.15) is 39.7 Å². The minimum atomic E-state index is 0.0630. The van der Waals surface area contributed by atoms with Crippen LogP contribution in [0.5, 0.6) is 23.0 Å². The lowest BCUT2D eigenvalue weighted by atomic mass is 9.35. The molecule has 0 N–H and O–H groups in total. The number of ether oxygens (including phenoxy) is 2. The van der Waals surface area contributed by atoms with E-state index in [1.54, 1.807) is 6.08 Å². The molecule has 5 aromatic rings. The van der Waals surface area contributed by atoms with E-state index in [1.807, 2.05) is 56.3 Å². The van der Waals surface area contributed by atoms with E-state index in [1.165, 1.54) is 6.42 Å². The standard InChI is InChI=1S/C36H25BO2.C3H8.C2H6/c1-3-12-24(4-2)26-19-27(25-13-6-5-7-14-25)21-28(20-26)29-22-34-36-35(23-29)39-33-18-11-9-16-31(33)37(36)30-15-8-10-17-32(30)38-34;1-3-2;1-2/h3-23H,1-2H2;3H2,1-2H3;1-2H3/b24-12+;;. The fourth-order valence-electron chi connectivity index (χ4n) is 5.73. The lowest BCUT2D eigenvalue weighted by molar-refractivity contribution is 0.465. The molecule has 3 heteroatoms. The van der Waals surface area contributed by atoms with Crippen molar-refractivity contribution in [2.45, 2.75) is 34.1 Å². The summed E-state index contributed by atoms with van der Waals surface area (Å²) in [6, 6.07) is 38.0. The Labute approximate surface area is 263 Å². The highest BCUT2D eigenvalue weighted by Crippen LogP contribution is 2.39. The second kappa shape index (κ2) is 14.0. The Morgan fingerprint density at radius 3 is 1.61 bits per heavy atom. The zero-order chi connectivity index (χ0) is 31.1. The molecule has 0 amide bonds. The average Bonchev–Trinajstić information content (AvgIpc) is 3.08. The first kappa shape index (κ1) is 30.4. The maximum atomic E-state index is 6.53. The molecule has 44 heavy (non-hydrogen) atoms. The van der Waals surface area contributed by atoms with Crippen molar-refractivity contribution in [3.63, 3.8) is 0 Å². The molecule has 7 rings (SSSR count). The second-order valence-corrected chi connectivity index (χ2v) is 10.5. The van der Waals surface area contributed by atoms with Gasteiger partial charge in [-0.25, -0.2) is 0 Å². The van der Waals surface area contributed by atoms with Crippen LogP contribution < -0.4 is 25.9 Å². The van der Waals surface area contributed by atoms with E-state index in [4.69, 9.17) is 9.47 Å². The SMILES string of the molecule is C=C/C=C(\C=C)c1cc(-c2ccccc2)cc(-c2cc3c4c(c2)Oc2ccccc2B4c2ccccc2O3)c1.CC.CCC. The van der Waals surface area contributed by atoms with Crippen molar-refractivity contribution in [3.8, 4) is 45.3 Å². The number of rotatable bonds is 5. The Kier molecular flexibility index (Phi) is 9.67. The zero-order valence-electron chi connectivity index (χ0n) is 26.1. The van der Waals surface area contributed by atoms with Gasteiger partial charge in [0, 0.05) is 5.46 Å². The van der Waals surface area contributed by atoms with Gasteiger partial charge < -0.3 is 9.47 Å². The summed E-state index contributed by atoms with van der Waals surface area (Å²) in [7, 11) is 0. The quantitative estimate of drug-likeness (QED) is 0.150. The maximum Gasteiger partial charge on any atom is 0.260 e. The Hall–Kier alpha value is -5.02. The van der Waals surface area contributed by atoms with Gasteiger partial charge in [0.25, 0.3) is 6.71 Å². The highest BCUT2D eigenvalue weighted by molar-refractivity contribution is 6.98.